The van der Waals surface area contributed by atoms with Gasteiger partial charge >= 0.3 is 19.8 Å². The summed E-state index contributed by atoms with van der Waals surface area (Å²) in [7, 11) is 1.31. The van der Waals surface area contributed by atoms with E-state index in [1.165, 1.54) is 19.3 Å². The summed E-state index contributed by atoms with van der Waals surface area (Å²) in [5.74, 6) is -1.45. The number of quaternary nitrogens is 1. The number of unbranched alkanes of at least 4 members (excludes halogenated alkanes) is 8. The van der Waals surface area contributed by atoms with E-state index in [1.54, 1.807) is 6.08 Å². The minimum absolute atomic E-state index is 0.0173. The highest BCUT2D eigenvalue weighted by Crippen LogP contribution is 2.43. The molecule has 0 aromatic heterocycles. The van der Waals surface area contributed by atoms with Crippen molar-refractivity contribution in [1.82, 2.24) is 0 Å². The molecule has 1 unspecified atom stereocenters. The van der Waals surface area contributed by atoms with E-state index in [-0.39, 0.29) is 37.9 Å². The van der Waals surface area contributed by atoms with Gasteiger partial charge in [-0.05, 0) is 76.5 Å². The van der Waals surface area contributed by atoms with Gasteiger partial charge in [-0.1, -0.05) is 107 Å². The molecule has 1 saturated carbocycles. The normalized spacial score (nSPS) is 21.0. The van der Waals surface area contributed by atoms with Crippen molar-refractivity contribution in [3.8, 4) is 0 Å². The van der Waals surface area contributed by atoms with Gasteiger partial charge in [-0.15, -0.1) is 0 Å². The number of carbonyl (C=O) groups excluding carboxylic acids is 2. The van der Waals surface area contributed by atoms with Crippen molar-refractivity contribution in [2.45, 2.75) is 160 Å². The summed E-state index contributed by atoms with van der Waals surface area (Å²) in [5, 5.41) is 31.3. The topological polar surface area (TPSA) is 169 Å². The SMILES string of the molecule is CCCCC/C=C\C/C=C\C/C=C\CCCCC(=O)O[C@H](COC(=O)CCC/C=C/C[C@@H]1[C@@H](/C=C/[C@@H](O)CCCCC)[C@H](O)C[C@@H]1O)COP(=O)(O)OCC[N+](C)(C)C. The molecule has 340 valence electrons. The minimum atomic E-state index is -4.45. The minimum Gasteiger partial charge on any atom is -0.462 e. The van der Waals surface area contributed by atoms with Crippen LogP contribution in [0.2, 0.25) is 0 Å². The van der Waals surface area contributed by atoms with Crippen LogP contribution in [-0.2, 0) is 32.7 Å². The van der Waals surface area contributed by atoms with Crippen LogP contribution in [0.4, 0.5) is 0 Å². The van der Waals surface area contributed by atoms with E-state index < -0.39 is 50.8 Å². The fraction of sp³-hybridized carbons (Fsp3) is 0.739. The maximum atomic E-state index is 12.7. The van der Waals surface area contributed by atoms with Crippen LogP contribution in [0.1, 0.15) is 136 Å². The van der Waals surface area contributed by atoms with Crippen LogP contribution in [0.15, 0.2) is 60.8 Å². The van der Waals surface area contributed by atoms with Crippen molar-refractivity contribution in [3.63, 3.8) is 0 Å². The second kappa shape index (κ2) is 33.2. The quantitative estimate of drug-likeness (QED) is 0.0158. The van der Waals surface area contributed by atoms with Gasteiger partial charge in [0.1, 0.15) is 19.8 Å². The molecule has 12 nitrogen and oxygen atoms in total. The molecule has 0 saturated heterocycles. The van der Waals surface area contributed by atoms with Crippen LogP contribution >= 0.6 is 7.82 Å². The smallest absolute Gasteiger partial charge is 0.462 e. The Morgan fingerprint density at radius 1 is 0.746 bits per heavy atom. The summed E-state index contributed by atoms with van der Waals surface area (Å²) in [6, 6.07) is 0. The number of allylic oxidation sites excluding steroid dienone is 8. The van der Waals surface area contributed by atoms with Crippen LogP contribution in [0.25, 0.3) is 0 Å². The highest BCUT2D eigenvalue weighted by atomic mass is 31.2. The number of carbonyl (C=O) groups is 2. The lowest BCUT2D eigenvalue weighted by Gasteiger charge is -2.24. The van der Waals surface area contributed by atoms with Crippen molar-refractivity contribution in [1.29, 1.82) is 0 Å². The molecule has 0 heterocycles. The van der Waals surface area contributed by atoms with Crippen molar-refractivity contribution >= 4 is 19.8 Å². The molecule has 0 amide bonds. The highest BCUT2D eigenvalue weighted by Gasteiger charge is 2.39. The van der Waals surface area contributed by atoms with Crippen LogP contribution in [0.5, 0.6) is 0 Å². The Labute approximate surface area is 356 Å². The third-order valence-electron chi connectivity index (χ3n) is 10.1. The first kappa shape index (κ1) is 54.6. The lowest BCUT2D eigenvalue weighted by molar-refractivity contribution is -0.870. The average Bonchev–Trinajstić information content (AvgIpc) is 3.44. The zero-order chi connectivity index (χ0) is 43.8. The molecule has 7 atom stereocenters. The molecule has 13 heteroatoms. The fourth-order valence-electron chi connectivity index (χ4n) is 6.48. The number of nitrogens with zero attached hydrogens (tertiary/aromatic N) is 1. The maximum Gasteiger partial charge on any atom is 0.472 e. The second-order valence-electron chi connectivity index (χ2n) is 16.7. The monoisotopic (exact) mass is 855 g/mol. The van der Waals surface area contributed by atoms with Gasteiger partial charge in [0, 0.05) is 25.2 Å². The summed E-state index contributed by atoms with van der Waals surface area (Å²) in [6.45, 7) is 3.95. The van der Waals surface area contributed by atoms with Gasteiger partial charge in [-0.3, -0.25) is 18.6 Å². The molecule has 1 rings (SSSR count). The molecule has 0 aliphatic heterocycles. The molecule has 0 aromatic rings. The second-order valence-corrected chi connectivity index (χ2v) is 18.1. The third-order valence-corrected chi connectivity index (χ3v) is 11.1. The maximum absolute atomic E-state index is 12.7. The Morgan fingerprint density at radius 2 is 1.34 bits per heavy atom. The number of aliphatic hydroxyl groups is 3. The van der Waals surface area contributed by atoms with Crippen molar-refractivity contribution in [2.24, 2.45) is 11.8 Å². The number of esters is 2. The summed E-state index contributed by atoms with van der Waals surface area (Å²) in [4.78, 5) is 35.5. The van der Waals surface area contributed by atoms with Crippen LogP contribution < -0.4 is 0 Å². The van der Waals surface area contributed by atoms with Crippen LogP contribution in [-0.4, -0.2) is 109 Å². The predicted octanol–water partition coefficient (Wildman–Crippen LogP) is 8.84. The van der Waals surface area contributed by atoms with Gasteiger partial charge < -0.3 is 34.2 Å². The van der Waals surface area contributed by atoms with E-state index in [1.807, 2.05) is 39.4 Å². The lowest BCUT2D eigenvalue weighted by atomic mass is 9.89. The predicted molar refractivity (Wildman–Crippen MR) is 235 cm³/mol. The summed E-state index contributed by atoms with van der Waals surface area (Å²) < 4.78 is 34.2. The molecule has 1 aliphatic carbocycles. The standard InChI is InChI=1S/C46H80NO11P/c1-6-8-10-11-12-13-14-15-16-17-18-19-20-21-27-31-46(52)58-40(38-57-59(53,54)56-35-34-47(3,4)5)37-55-45(51)30-26-23-22-25-29-41-42(44(50)36-43(41)49)33-32-39(48)28-24-9-7-2/h12-13,15-16,18-19,22,25,32-33,39-44,48-50H,6-11,14,17,20-21,23-24,26-31,34-38H2,1-5H3/p+1/b13-12-,16-15-,19-18-,25-22+,33-32+/t39-,40+,41+,42+,43-,44+/m0/s1. The Morgan fingerprint density at radius 3 is 2.00 bits per heavy atom. The molecular weight excluding hydrogens is 773 g/mol. The highest BCUT2D eigenvalue weighted by molar-refractivity contribution is 7.47. The molecule has 0 spiro atoms. The summed E-state index contributed by atoms with van der Waals surface area (Å²) in [6.07, 6.45) is 32.3. The zero-order valence-electron chi connectivity index (χ0n) is 37.0. The summed E-state index contributed by atoms with van der Waals surface area (Å²) >= 11 is 0. The van der Waals surface area contributed by atoms with Gasteiger partial charge in [0.05, 0.1) is 46.1 Å². The van der Waals surface area contributed by atoms with Crippen LogP contribution in [0, 0.1) is 11.8 Å². The number of phosphoric ester groups is 1. The lowest BCUT2D eigenvalue weighted by Crippen LogP contribution is -2.37. The number of rotatable bonds is 35. The van der Waals surface area contributed by atoms with Crippen molar-refractivity contribution in [2.75, 3.05) is 47.5 Å². The number of aliphatic hydroxyl groups excluding tert-OH is 3. The first-order chi connectivity index (χ1) is 28.2. The third kappa shape index (κ3) is 30.3. The first-order valence-electron chi connectivity index (χ1n) is 22.3. The number of hydrogen-bond donors (Lipinski definition) is 4. The number of phosphoric acid groups is 1. The number of ether oxygens (including phenoxy) is 2. The van der Waals surface area contributed by atoms with Crippen LogP contribution in [0.3, 0.4) is 0 Å². The summed E-state index contributed by atoms with van der Waals surface area (Å²) in [5.41, 5.74) is 0. The number of hydrogen-bond acceptors (Lipinski definition) is 10. The van der Waals surface area contributed by atoms with Gasteiger partial charge in [0.25, 0.3) is 0 Å². The van der Waals surface area contributed by atoms with E-state index in [0.717, 1.165) is 51.4 Å². The Kier molecular flexibility index (Phi) is 30.8. The average molecular weight is 855 g/mol. The molecule has 0 radical (unpaired) electrons. The number of likely N-dealkylation sites (N-methyl/N-ethyl adjacent to an activating group) is 1. The van der Waals surface area contributed by atoms with Crippen molar-refractivity contribution < 1.29 is 57.4 Å². The van der Waals surface area contributed by atoms with E-state index in [0.29, 0.717) is 49.6 Å². The molecule has 4 N–H and O–H groups in total. The first-order valence-corrected chi connectivity index (χ1v) is 23.8. The van der Waals surface area contributed by atoms with E-state index in [9.17, 15) is 34.4 Å². The molecule has 0 aromatic carbocycles. The molecule has 59 heavy (non-hydrogen) atoms. The Hall–Kier alpha value is -2.41. The molecule has 1 fully saturated rings. The Balaban J connectivity index is 2.54. The molecular formula is C46H81NO11P+. The molecule has 0 bridgehead atoms. The van der Waals surface area contributed by atoms with E-state index >= 15 is 0 Å². The fourth-order valence-corrected chi connectivity index (χ4v) is 7.22. The van der Waals surface area contributed by atoms with Gasteiger partial charge in [-0.2, -0.15) is 0 Å². The zero-order valence-corrected chi connectivity index (χ0v) is 37.9. The van der Waals surface area contributed by atoms with Gasteiger partial charge in [0.2, 0.25) is 0 Å². The largest absolute Gasteiger partial charge is 0.472 e. The molecule has 1 aliphatic rings. The van der Waals surface area contributed by atoms with Crippen molar-refractivity contribution in [3.05, 3.63) is 60.8 Å². The van der Waals surface area contributed by atoms with E-state index in [2.05, 4.69) is 50.3 Å². The van der Waals surface area contributed by atoms with Gasteiger partial charge in [0.15, 0.2) is 6.10 Å². The Bertz CT molecular complexity index is 1310. The van der Waals surface area contributed by atoms with E-state index in [4.69, 9.17) is 18.5 Å². The van der Waals surface area contributed by atoms with Gasteiger partial charge in [-0.25, -0.2) is 4.57 Å².